The molecule has 0 amide bonds. The van der Waals surface area contributed by atoms with Crippen molar-refractivity contribution in [3.63, 3.8) is 0 Å². The Kier molecular flexibility index (Phi) is 5.37. The Morgan fingerprint density at radius 2 is 1.78 bits per heavy atom. The van der Waals surface area contributed by atoms with Crippen molar-refractivity contribution in [2.24, 2.45) is 0 Å². The molecule has 1 heterocycles. The van der Waals surface area contributed by atoms with Gasteiger partial charge in [0.15, 0.2) is 0 Å². The van der Waals surface area contributed by atoms with Gasteiger partial charge >= 0.3 is 0 Å². The molecule has 0 aliphatic carbocycles. The van der Waals surface area contributed by atoms with E-state index in [0.717, 1.165) is 41.8 Å². The zero-order valence-electron chi connectivity index (χ0n) is 15.5. The normalized spacial score (nSPS) is 19.9. The van der Waals surface area contributed by atoms with Gasteiger partial charge < -0.3 is 14.8 Å². The van der Waals surface area contributed by atoms with Crippen LogP contribution in [0.5, 0.6) is 5.75 Å². The van der Waals surface area contributed by atoms with E-state index in [4.69, 9.17) is 9.47 Å². The third-order valence-electron chi connectivity index (χ3n) is 5.33. The Balaban J connectivity index is 1.54. The lowest BCUT2D eigenvalue weighted by atomic mass is 9.87. The Morgan fingerprint density at radius 1 is 1.04 bits per heavy atom. The zero-order chi connectivity index (χ0) is 18.6. The van der Waals surface area contributed by atoms with Crippen LogP contribution in [-0.4, -0.2) is 26.3 Å². The number of rotatable bonds is 5. The van der Waals surface area contributed by atoms with Gasteiger partial charge in [-0.15, -0.1) is 0 Å². The highest BCUT2D eigenvalue weighted by atomic mass is 19.1. The fourth-order valence-corrected chi connectivity index (χ4v) is 3.86. The number of fused-ring (bicyclic) bond motifs is 1. The average Bonchev–Trinajstić information content (AvgIpc) is 2.72. The topological polar surface area (TPSA) is 30.5 Å². The molecule has 2 unspecified atom stereocenters. The van der Waals surface area contributed by atoms with Crippen molar-refractivity contribution in [3.05, 3.63) is 77.6 Å². The van der Waals surface area contributed by atoms with E-state index in [-0.39, 0.29) is 17.8 Å². The van der Waals surface area contributed by atoms with Crippen molar-refractivity contribution in [1.29, 1.82) is 0 Å². The van der Waals surface area contributed by atoms with Crippen molar-refractivity contribution in [2.75, 3.05) is 20.2 Å². The molecule has 1 aliphatic heterocycles. The highest BCUT2D eigenvalue weighted by Gasteiger charge is 2.27. The van der Waals surface area contributed by atoms with Crippen molar-refractivity contribution in [1.82, 2.24) is 5.32 Å². The second-order valence-electron chi connectivity index (χ2n) is 7.01. The van der Waals surface area contributed by atoms with Gasteiger partial charge in [0.2, 0.25) is 0 Å². The molecule has 1 fully saturated rings. The molecule has 1 N–H and O–H groups in total. The number of hydrogen-bond acceptors (Lipinski definition) is 3. The number of halogens is 1. The van der Waals surface area contributed by atoms with Crippen LogP contribution in [0.1, 0.15) is 23.5 Å². The number of benzene rings is 3. The standard InChI is InChI=1S/C23H24FNO2/c1-26-22-13-18-5-3-2-4-17(18)12-19(22)15-27-23-14-25-11-10-21(23)16-6-8-20(24)9-7-16/h2-9,12-13,21,23,25H,10-11,14-15H2,1H3. The van der Waals surface area contributed by atoms with Crippen molar-refractivity contribution in [3.8, 4) is 5.75 Å². The molecule has 0 bridgehead atoms. The van der Waals surface area contributed by atoms with Crippen LogP contribution in [-0.2, 0) is 11.3 Å². The fraction of sp³-hybridized carbons (Fsp3) is 0.304. The molecule has 4 rings (SSSR count). The van der Waals surface area contributed by atoms with Gasteiger partial charge in [0.05, 0.1) is 19.8 Å². The first-order valence-corrected chi connectivity index (χ1v) is 9.38. The van der Waals surface area contributed by atoms with Crippen molar-refractivity contribution in [2.45, 2.75) is 25.0 Å². The molecule has 4 heteroatoms. The van der Waals surface area contributed by atoms with Crippen LogP contribution < -0.4 is 10.1 Å². The summed E-state index contributed by atoms with van der Waals surface area (Å²) in [5, 5.41) is 5.74. The van der Waals surface area contributed by atoms with Crippen LogP contribution in [0.25, 0.3) is 10.8 Å². The third kappa shape index (κ3) is 3.97. The maximum atomic E-state index is 13.3. The lowest BCUT2D eigenvalue weighted by Gasteiger charge is -2.32. The number of hydrogen-bond donors (Lipinski definition) is 1. The van der Waals surface area contributed by atoms with E-state index in [0.29, 0.717) is 6.61 Å². The largest absolute Gasteiger partial charge is 0.496 e. The van der Waals surface area contributed by atoms with E-state index in [9.17, 15) is 4.39 Å². The van der Waals surface area contributed by atoms with E-state index in [1.165, 1.54) is 17.5 Å². The number of ether oxygens (including phenoxy) is 2. The van der Waals surface area contributed by atoms with Gasteiger partial charge in [-0.25, -0.2) is 4.39 Å². The van der Waals surface area contributed by atoms with Crippen LogP contribution in [0, 0.1) is 5.82 Å². The lowest BCUT2D eigenvalue weighted by Crippen LogP contribution is -2.41. The average molecular weight is 365 g/mol. The molecule has 0 aromatic heterocycles. The summed E-state index contributed by atoms with van der Waals surface area (Å²) in [6.07, 6.45) is 1.02. The predicted molar refractivity (Wildman–Crippen MR) is 106 cm³/mol. The zero-order valence-corrected chi connectivity index (χ0v) is 15.5. The van der Waals surface area contributed by atoms with E-state index < -0.39 is 0 Å². The molecular formula is C23H24FNO2. The van der Waals surface area contributed by atoms with Crippen LogP contribution in [0.4, 0.5) is 4.39 Å². The summed E-state index contributed by atoms with van der Waals surface area (Å²) in [6, 6.07) is 19.2. The summed E-state index contributed by atoms with van der Waals surface area (Å²) in [5.74, 6) is 0.903. The molecule has 1 aliphatic rings. The van der Waals surface area contributed by atoms with Gasteiger partial charge in [0.1, 0.15) is 11.6 Å². The smallest absolute Gasteiger partial charge is 0.125 e. The Morgan fingerprint density at radius 3 is 2.52 bits per heavy atom. The maximum absolute atomic E-state index is 13.3. The summed E-state index contributed by atoms with van der Waals surface area (Å²) in [5.41, 5.74) is 2.17. The second kappa shape index (κ2) is 8.07. The van der Waals surface area contributed by atoms with Crippen LogP contribution in [0.2, 0.25) is 0 Å². The van der Waals surface area contributed by atoms with Crippen LogP contribution >= 0.6 is 0 Å². The summed E-state index contributed by atoms with van der Waals surface area (Å²) in [7, 11) is 1.69. The van der Waals surface area contributed by atoms with Crippen molar-refractivity contribution >= 4 is 10.8 Å². The molecular weight excluding hydrogens is 341 g/mol. The van der Waals surface area contributed by atoms with E-state index in [1.54, 1.807) is 7.11 Å². The van der Waals surface area contributed by atoms with Gasteiger partial charge in [-0.05, 0) is 53.6 Å². The van der Waals surface area contributed by atoms with Crippen LogP contribution in [0.15, 0.2) is 60.7 Å². The predicted octanol–water partition coefficient (Wildman–Crippen LogP) is 4.65. The van der Waals surface area contributed by atoms with Gasteiger partial charge in [0, 0.05) is 18.0 Å². The molecule has 3 aromatic rings. The van der Waals surface area contributed by atoms with Crippen molar-refractivity contribution < 1.29 is 13.9 Å². The van der Waals surface area contributed by atoms with E-state index in [1.807, 2.05) is 24.3 Å². The van der Waals surface area contributed by atoms with Gasteiger partial charge in [0.25, 0.3) is 0 Å². The monoisotopic (exact) mass is 365 g/mol. The van der Waals surface area contributed by atoms with Gasteiger partial charge in [-0.3, -0.25) is 0 Å². The third-order valence-corrected chi connectivity index (χ3v) is 5.33. The molecule has 2 atom stereocenters. The molecule has 1 saturated heterocycles. The second-order valence-corrected chi connectivity index (χ2v) is 7.01. The Hall–Kier alpha value is -2.43. The van der Waals surface area contributed by atoms with Gasteiger partial charge in [-0.1, -0.05) is 36.4 Å². The minimum absolute atomic E-state index is 0.0420. The number of piperidine rings is 1. The first-order chi connectivity index (χ1) is 13.2. The van der Waals surface area contributed by atoms with Gasteiger partial charge in [-0.2, -0.15) is 0 Å². The molecule has 3 nitrogen and oxygen atoms in total. The number of nitrogens with one attached hydrogen (secondary N) is 1. The van der Waals surface area contributed by atoms with Crippen LogP contribution in [0.3, 0.4) is 0 Å². The Labute approximate surface area is 159 Å². The summed E-state index contributed by atoms with van der Waals surface area (Å²) in [4.78, 5) is 0. The molecule has 0 saturated carbocycles. The molecule has 0 spiro atoms. The van der Waals surface area contributed by atoms with E-state index in [2.05, 4.69) is 29.6 Å². The lowest BCUT2D eigenvalue weighted by molar-refractivity contribution is 0.00987. The highest BCUT2D eigenvalue weighted by Crippen LogP contribution is 2.31. The maximum Gasteiger partial charge on any atom is 0.125 e. The Bertz CT molecular complexity index is 910. The highest BCUT2D eigenvalue weighted by molar-refractivity contribution is 5.84. The molecule has 140 valence electrons. The fourth-order valence-electron chi connectivity index (χ4n) is 3.86. The molecule has 27 heavy (non-hydrogen) atoms. The molecule has 3 aromatic carbocycles. The summed E-state index contributed by atoms with van der Waals surface area (Å²) < 4.78 is 25.2. The number of methoxy groups -OCH3 is 1. The minimum Gasteiger partial charge on any atom is -0.496 e. The first kappa shape index (κ1) is 18.0. The minimum atomic E-state index is -0.203. The SMILES string of the molecule is COc1cc2ccccc2cc1COC1CNCCC1c1ccc(F)cc1. The molecule has 0 radical (unpaired) electrons. The van der Waals surface area contributed by atoms with E-state index >= 15 is 0 Å². The first-order valence-electron chi connectivity index (χ1n) is 9.38. The summed E-state index contributed by atoms with van der Waals surface area (Å²) >= 11 is 0. The quantitative estimate of drug-likeness (QED) is 0.714. The summed E-state index contributed by atoms with van der Waals surface area (Å²) in [6.45, 7) is 2.22.